The number of hydrogen-bond acceptors (Lipinski definition) is 8. The third kappa shape index (κ3) is 9.30. The summed E-state index contributed by atoms with van der Waals surface area (Å²) in [4.78, 5) is 28.0. The minimum atomic E-state index is -0.118. The molecule has 41 heavy (non-hydrogen) atoms. The topological polar surface area (TPSA) is 83.1 Å². The van der Waals surface area contributed by atoms with Crippen LogP contribution in [0, 0.1) is 0 Å². The van der Waals surface area contributed by atoms with Crippen molar-refractivity contribution in [1.82, 2.24) is 0 Å². The van der Waals surface area contributed by atoms with Crippen LogP contribution in [-0.2, 0) is 35.8 Å². The number of nitrogens with one attached hydrogen (secondary N) is 2. The van der Waals surface area contributed by atoms with Gasteiger partial charge in [0, 0.05) is 91.3 Å². The Morgan fingerprint density at radius 3 is 1.24 bits per heavy atom. The molecule has 0 amide bonds. The minimum absolute atomic E-state index is 0. The van der Waals surface area contributed by atoms with Crippen molar-refractivity contribution in [3.63, 3.8) is 0 Å². The number of rotatable bonds is 8. The summed E-state index contributed by atoms with van der Waals surface area (Å²) in [6, 6.07) is 15.9. The smallest absolute Gasteiger partial charge is 0.228 e. The Morgan fingerprint density at radius 2 is 0.951 bits per heavy atom. The van der Waals surface area contributed by atoms with Crippen molar-refractivity contribution in [3.05, 3.63) is 120 Å². The summed E-state index contributed by atoms with van der Waals surface area (Å²) in [7, 11) is 11.0. The van der Waals surface area contributed by atoms with Crippen LogP contribution in [0.5, 0.6) is 0 Å². The Labute approximate surface area is 252 Å². The number of carbonyl (C=O) groups excluding carboxylic acids is 2. The van der Waals surface area contributed by atoms with Crippen LogP contribution in [-0.4, -0.2) is 54.0 Å². The van der Waals surface area contributed by atoms with Crippen LogP contribution in [0.2, 0.25) is 0 Å². The van der Waals surface area contributed by atoms with E-state index < -0.39 is 0 Å². The molecule has 0 atom stereocenters. The predicted molar refractivity (Wildman–Crippen MR) is 163 cm³/mol. The van der Waals surface area contributed by atoms with Gasteiger partial charge in [0.05, 0.1) is 14.2 Å². The number of allylic oxidation sites excluding steroid dienone is 8. The van der Waals surface area contributed by atoms with Gasteiger partial charge in [-0.25, -0.2) is 0 Å². The Morgan fingerprint density at radius 1 is 0.610 bits per heavy atom. The number of carbonyl (C=O) groups is 2. The first-order valence-corrected chi connectivity index (χ1v) is 12.7. The molecule has 0 aliphatic heterocycles. The summed E-state index contributed by atoms with van der Waals surface area (Å²) in [5.41, 5.74) is 5.25. The first-order valence-electron chi connectivity index (χ1n) is 12.7. The molecule has 2 aliphatic rings. The van der Waals surface area contributed by atoms with Crippen molar-refractivity contribution < 1.29 is 35.8 Å². The molecule has 0 saturated carbocycles. The van der Waals surface area contributed by atoms with E-state index in [1.807, 2.05) is 86.5 Å². The zero-order valence-electron chi connectivity index (χ0n) is 24.1. The quantitative estimate of drug-likeness (QED) is 0.389. The molecule has 0 unspecified atom stereocenters. The molecule has 4 rings (SSSR count). The third-order valence-corrected chi connectivity index (χ3v) is 6.01. The number of anilines is 4. The standard InChI is InChI=1S/2C16H18N2O2.Co/c2*1-18(2)14-9-7-13(8-10-14)17-11-12-5-4-6-15(20-3)16(12)19;/h2*4-11,17H,1-3H3;/b2*12-11-;. The largest absolute Gasteiger partial charge is 0.493 e. The van der Waals surface area contributed by atoms with E-state index in [-0.39, 0.29) is 28.3 Å². The fourth-order valence-corrected chi connectivity index (χ4v) is 3.65. The molecule has 0 saturated heterocycles. The van der Waals surface area contributed by atoms with E-state index in [9.17, 15) is 9.59 Å². The van der Waals surface area contributed by atoms with Crippen LogP contribution in [0.25, 0.3) is 0 Å². The summed E-state index contributed by atoms with van der Waals surface area (Å²) < 4.78 is 10.0. The molecule has 8 nitrogen and oxygen atoms in total. The Hall–Kier alpha value is -4.47. The summed E-state index contributed by atoms with van der Waals surface area (Å²) >= 11 is 0. The van der Waals surface area contributed by atoms with Crippen molar-refractivity contribution in [2.24, 2.45) is 0 Å². The maximum Gasteiger partial charge on any atom is 0.228 e. The van der Waals surface area contributed by atoms with Gasteiger partial charge in [0.2, 0.25) is 11.6 Å². The summed E-state index contributed by atoms with van der Waals surface area (Å²) in [5, 5.41) is 6.24. The Balaban J connectivity index is 0.000000280. The average molecular weight is 600 g/mol. The van der Waals surface area contributed by atoms with E-state index in [1.165, 1.54) is 14.2 Å². The van der Waals surface area contributed by atoms with E-state index in [0.717, 1.165) is 22.7 Å². The van der Waals surface area contributed by atoms with Gasteiger partial charge in [-0.2, -0.15) is 0 Å². The number of ether oxygens (including phenoxy) is 2. The van der Waals surface area contributed by atoms with Gasteiger partial charge in [0.1, 0.15) is 0 Å². The van der Waals surface area contributed by atoms with Gasteiger partial charge < -0.3 is 29.9 Å². The predicted octanol–water partition coefficient (Wildman–Crippen LogP) is 5.43. The van der Waals surface area contributed by atoms with Crippen LogP contribution in [0.3, 0.4) is 0 Å². The second-order valence-corrected chi connectivity index (χ2v) is 9.22. The second kappa shape index (κ2) is 16.0. The number of nitrogens with zero attached hydrogens (tertiary/aromatic N) is 2. The zero-order chi connectivity index (χ0) is 29.1. The van der Waals surface area contributed by atoms with E-state index in [4.69, 9.17) is 9.47 Å². The summed E-state index contributed by atoms with van der Waals surface area (Å²) in [6.07, 6.45) is 13.8. The van der Waals surface area contributed by atoms with Gasteiger partial charge in [0.25, 0.3) is 0 Å². The molecule has 0 fully saturated rings. The van der Waals surface area contributed by atoms with E-state index in [0.29, 0.717) is 22.7 Å². The van der Waals surface area contributed by atoms with Gasteiger partial charge in [-0.1, -0.05) is 12.2 Å². The Bertz CT molecular complexity index is 1280. The van der Waals surface area contributed by atoms with Gasteiger partial charge in [-0.05, 0) is 72.8 Å². The van der Waals surface area contributed by atoms with Crippen molar-refractivity contribution >= 4 is 34.3 Å². The molecule has 9 heteroatoms. The van der Waals surface area contributed by atoms with Crippen molar-refractivity contribution in [3.8, 4) is 0 Å². The molecule has 2 N–H and O–H groups in total. The number of hydrogen-bond donors (Lipinski definition) is 2. The molecular weight excluding hydrogens is 563 g/mol. The van der Waals surface area contributed by atoms with Crippen molar-refractivity contribution in [1.29, 1.82) is 0 Å². The average Bonchev–Trinajstić information content (AvgIpc) is 2.97. The van der Waals surface area contributed by atoms with Gasteiger partial charge in [-0.15, -0.1) is 0 Å². The van der Waals surface area contributed by atoms with Gasteiger partial charge in [-0.3, -0.25) is 9.59 Å². The monoisotopic (exact) mass is 599 g/mol. The molecule has 1 radical (unpaired) electrons. The van der Waals surface area contributed by atoms with Gasteiger partial charge in [0.15, 0.2) is 11.5 Å². The molecule has 0 heterocycles. The fraction of sp³-hybridized carbons (Fsp3) is 0.188. The van der Waals surface area contributed by atoms with Crippen molar-refractivity contribution in [2.45, 2.75) is 0 Å². The van der Waals surface area contributed by atoms with Crippen LogP contribution in [0.15, 0.2) is 120 Å². The van der Waals surface area contributed by atoms with Crippen LogP contribution >= 0.6 is 0 Å². The summed E-state index contributed by atoms with van der Waals surface area (Å²) in [5.74, 6) is 0.465. The second-order valence-electron chi connectivity index (χ2n) is 9.22. The minimum Gasteiger partial charge on any atom is -0.493 e. The first-order chi connectivity index (χ1) is 19.2. The molecule has 0 bridgehead atoms. The third-order valence-electron chi connectivity index (χ3n) is 6.01. The number of ketones is 2. The maximum atomic E-state index is 12.0. The number of methoxy groups -OCH3 is 2. The van der Waals surface area contributed by atoms with E-state index >= 15 is 0 Å². The molecule has 2 aromatic carbocycles. The fourth-order valence-electron chi connectivity index (χ4n) is 3.65. The molecule has 0 spiro atoms. The normalized spacial score (nSPS) is 15.7. The van der Waals surface area contributed by atoms with Crippen LogP contribution < -0.4 is 20.4 Å². The Kier molecular flexibility index (Phi) is 12.7. The molecule has 2 aromatic rings. The number of benzene rings is 2. The SMILES string of the molecule is COC1=CC=C/C(=C/Nc2ccc(N(C)C)cc2)C1=O.COC1=CC=C/C(=C/Nc2ccc(N(C)C)cc2)C1=O.[Co]. The molecule has 0 aromatic heterocycles. The van der Waals surface area contributed by atoms with Gasteiger partial charge >= 0.3 is 0 Å². The first kappa shape index (κ1) is 32.7. The maximum absolute atomic E-state index is 12.0. The van der Waals surface area contributed by atoms with Crippen LogP contribution in [0.1, 0.15) is 0 Å². The summed E-state index contributed by atoms with van der Waals surface area (Å²) in [6.45, 7) is 0. The zero-order valence-corrected chi connectivity index (χ0v) is 25.1. The number of Topliss-reactive ketones (excluding diaryl/α,β-unsaturated/α-hetero) is 2. The van der Waals surface area contributed by atoms with E-state index in [2.05, 4.69) is 10.6 Å². The molecule has 217 valence electrons. The molecular formula is C32H36CoN4O4. The molecule has 2 aliphatic carbocycles. The van der Waals surface area contributed by atoms with E-state index in [1.54, 1.807) is 48.9 Å². The van der Waals surface area contributed by atoms with Crippen molar-refractivity contribution in [2.75, 3.05) is 62.8 Å². The van der Waals surface area contributed by atoms with Crippen LogP contribution in [0.4, 0.5) is 22.7 Å².